The number of ketones is 2. The van der Waals surface area contributed by atoms with Crippen molar-refractivity contribution in [3.63, 3.8) is 0 Å². The normalized spacial score (nSPS) is 16.3. The number of nitrogens with one attached hydrogen (secondary N) is 2. The summed E-state index contributed by atoms with van der Waals surface area (Å²) < 4.78 is 5.40. The molecule has 3 aromatic carbocycles. The number of hydrogen-bond acceptors (Lipinski definition) is 7. The number of hydrogen-bond donors (Lipinski definition) is 4. The number of carbonyl (C=O) groups is 2. The molecular weight excluding hydrogens is 647 g/mol. The molecular formula is C45H57N3O4. The summed E-state index contributed by atoms with van der Waals surface area (Å²) >= 11 is 0. The maximum absolute atomic E-state index is 12.9. The smallest absolute Gasteiger partial charge is 0.163 e. The van der Waals surface area contributed by atoms with Crippen LogP contribution in [0.4, 0.5) is 0 Å². The maximum atomic E-state index is 12.9. The summed E-state index contributed by atoms with van der Waals surface area (Å²) in [4.78, 5) is 25.5. The number of aromatic hydroxyl groups is 1. The highest BCUT2D eigenvalue weighted by atomic mass is 16.5. The van der Waals surface area contributed by atoms with Gasteiger partial charge in [0.25, 0.3) is 0 Å². The van der Waals surface area contributed by atoms with E-state index in [1.807, 2.05) is 6.20 Å². The zero-order valence-corrected chi connectivity index (χ0v) is 30.9. The lowest BCUT2D eigenvalue weighted by Gasteiger charge is -2.22. The minimum atomic E-state index is -0.283. The van der Waals surface area contributed by atoms with Crippen LogP contribution in [-0.2, 0) is 35.3 Å². The summed E-state index contributed by atoms with van der Waals surface area (Å²) in [6, 6.07) is 22.8. The Hall–Kier alpha value is -4.46. The van der Waals surface area contributed by atoms with Crippen molar-refractivity contribution in [1.82, 2.24) is 10.6 Å². The van der Waals surface area contributed by atoms with Gasteiger partial charge < -0.3 is 26.2 Å². The SMILES string of the molecule is COc1cc(C=CC(=O)CC(=O)CCCCCCC2CCNCC2)c(CC2=CNC(N)C=C2CCc2cccc(CCc3ccccc3)c2)cc1O. The standard InChI is InChI=1S/C45H57N3O4/c1-52-44-29-37(20-21-42(50)31-41(49)15-8-3-2-5-12-34-22-24-47-25-23-34)39(28-43(44)51)27-40-32-48-45(46)30-38(40)19-18-36-14-9-13-35(26-36)17-16-33-10-6-4-7-11-33/h4,6-7,9-11,13-14,20-21,26,28-30,32,34,45,47-48,51H,2-3,5,8,12,15-19,22-25,27,31,46H2,1H3. The number of piperidine rings is 1. The molecule has 0 bridgehead atoms. The van der Waals surface area contributed by atoms with Gasteiger partial charge in [0.15, 0.2) is 17.3 Å². The number of Topliss-reactive ketones (excluding diaryl/α,β-unsaturated/α-hetero) is 1. The molecule has 1 saturated heterocycles. The summed E-state index contributed by atoms with van der Waals surface area (Å²) in [6.45, 7) is 2.28. The van der Waals surface area contributed by atoms with Crippen molar-refractivity contribution in [2.24, 2.45) is 11.7 Å². The summed E-state index contributed by atoms with van der Waals surface area (Å²) in [5.74, 6) is 0.977. The second-order valence-corrected chi connectivity index (χ2v) is 14.4. The molecule has 1 unspecified atom stereocenters. The number of carbonyl (C=O) groups excluding carboxylic acids is 2. The monoisotopic (exact) mass is 703 g/mol. The molecule has 0 aliphatic carbocycles. The van der Waals surface area contributed by atoms with Crippen LogP contribution < -0.4 is 21.1 Å². The molecule has 2 heterocycles. The van der Waals surface area contributed by atoms with Crippen LogP contribution in [-0.4, -0.2) is 43.0 Å². The maximum Gasteiger partial charge on any atom is 0.163 e. The summed E-state index contributed by atoms with van der Waals surface area (Å²) in [6.07, 6.45) is 19.6. The topological polar surface area (TPSA) is 114 Å². The first-order valence-electron chi connectivity index (χ1n) is 19.2. The second-order valence-electron chi connectivity index (χ2n) is 14.4. The molecule has 52 heavy (non-hydrogen) atoms. The number of methoxy groups -OCH3 is 1. The zero-order chi connectivity index (χ0) is 36.5. The molecule has 7 nitrogen and oxygen atoms in total. The molecule has 0 radical (unpaired) electrons. The van der Waals surface area contributed by atoms with E-state index in [0.29, 0.717) is 18.6 Å². The highest BCUT2D eigenvalue weighted by molar-refractivity contribution is 6.06. The average molecular weight is 704 g/mol. The second kappa shape index (κ2) is 20.5. The van der Waals surface area contributed by atoms with Crippen molar-refractivity contribution in [2.45, 2.75) is 96.1 Å². The molecule has 7 heteroatoms. The molecule has 0 saturated carbocycles. The Morgan fingerprint density at radius 2 is 1.58 bits per heavy atom. The summed E-state index contributed by atoms with van der Waals surface area (Å²) in [5.41, 5.74) is 14.1. The number of rotatable bonds is 20. The third-order valence-corrected chi connectivity index (χ3v) is 10.4. The Morgan fingerprint density at radius 1 is 0.865 bits per heavy atom. The van der Waals surface area contributed by atoms with E-state index >= 15 is 0 Å². The molecule has 5 N–H and O–H groups in total. The first kappa shape index (κ1) is 38.8. The van der Waals surface area contributed by atoms with Gasteiger partial charge in [-0.25, -0.2) is 0 Å². The lowest BCUT2D eigenvalue weighted by molar-refractivity contribution is -0.124. The molecule has 2 aliphatic heterocycles. The van der Waals surface area contributed by atoms with Gasteiger partial charge in [0.05, 0.1) is 19.7 Å². The number of nitrogens with two attached hydrogens (primary N) is 1. The molecule has 2 aliphatic rings. The van der Waals surface area contributed by atoms with E-state index in [9.17, 15) is 14.7 Å². The fourth-order valence-electron chi connectivity index (χ4n) is 7.33. The predicted molar refractivity (Wildman–Crippen MR) is 211 cm³/mol. The van der Waals surface area contributed by atoms with E-state index in [4.69, 9.17) is 10.5 Å². The van der Waals surface area contributed by atoms with Crippen molar-refractivity contribution in [3.05, 3.63) is 124 Å². The van der Waals surface area contributed by atoms with Crippen LogP contribution >= 0.6 is 0 Å². The van der Waals surface area contributed by atoms with Crippen molar-refractivity contribution < 1.29 is 19.4 Å². The third kappa shape index (κ3) is 12.6. The van der Waals surface area contributed by atoms with Gasteiger partial charge in [-0.2, -0.15) is 0 Å². The average Bonchev–Trinajstić information content (AvgIpc) is 3.16. The van der Waals surface area contributed by atoms with E-state index in [2.05, 4.69) is 71.3 Å². The lowest BCUT2D eigenvalue weighted by atomic mass is 9.89. The number of aryl methyl sites for hydroxylation is 3. The van der Waals surface area contributed by atoms with Gasteiger partial charge in [-0.3, -0.25) is 9.59 Å². The van der Waals surface area contributed by atoms with Crippen molar-refractivity contribution in [3.8, 4) is 11.5 Å². The Kier molecular flexibility index (Phi) is 15.3. The molecule has 1 atom stereocenters. The van der Waals surface area contributed by atoms with E-state index in [1.54, 1.807) is 18.2 Å². The number of phenols is 1. The van der Waals surface area contributed by atoms with Gasteiger partial charge in [-0.1, -0.05) is 86.4 Å². The largest absolute Gasteiger partial charge is 0.504 e. The van der Waals surface area contributed by atoms with Gasteiger partial charge in [-0.05, 0) is 134 Å². The van der Waals surface area contributed by atoms with Crippen LogP contribution in [0.5, 0.6) is 11.5 Å². The van der Waals surface area contributed by atoms with Crippen molar-refractivity contribution in [2.75, 3.05) is 20.2 Å². The van der Waals surface area contributed by atoms with Crippen LogP contribution in [0.3, 0.4) is 0 Å². The van der Waals surface area contributed by atoms with Gasteiger partial charge in [-0.15, -0.1) is 0 Å². The highest BCUT2D eigenvalue weighted by Crippen LogP contribution is 2.33. The summed E-state index contributed by atoms with van der Waals surface area (Å²) in [7, 11) is 1.51. The number of unbranched alkanes of at least 4 members (excludes halogenated alkanes) is 3. The van der Waals surface area contributed by atoms with Crippen LogP contribution in [0.15, 0.2) is 96.2 Å². The molecule has 5 rings (SSSR count). The Labute approximate surface area is 310 Å². The van der Waals surface area contributed by atoms with Crippen LogP contribution in [0.1, 0.15) is 92.0 Å². The number of benzene rings is 3. The molecule has 3 aromatic rings. The quantitative estimate of drug-likeness (QED) is 0.0537. The van der Waals surface area contributed by atoms with E-state index in [0.717, 1.165) is 86.2 Å². The minimum absolute atomic E-state index is 0.0113. The minimum Gasteiger partial charge on any atom is -0.504 e. The van der Waals surface area contributed by atoms with Crippen LogP contribution in [0.2, 0.25) is 0 Å². The third-order valence-electron chi connectivity index (χ3n) is 10.4. The number of dihydropyridines is 1. The van der Waals surface area contributed by atoms with E-state index in [-0.39, 0.29) is 29.9 Å². The van der Waals surface area contributed by atoms with Crippen LogP contribution in [0, 0.1) is 5.92 Å². The highest BCUT2D eigenvalue weighted by Gasteiger charge is 2.18. The number of allylic oxidation sites excluding steroid dienone is 3. The van der Waals surface area contributed by atoms with E-state index in [1.165, 1.54) is 55.6 Å². The fourth-order valence-corrected chi connectivity index (χ4v) is 7.33. The predicted octanol–water partition coefficient (Wildman–Crippen LogP) is 7.94. The van der Waals surface area contributed by atoms with Crippen LogP contribution in [0.25, 0.3) is 6.08 Å². The zero-order valence-electron chi connectivity index (χ0n) is 30.9. The molecule has 0 spiro atoms. The summed E-state index contributed by atoms with van der Waals surface area (Å²) in [5, 5.41) is 17.4. The molecule has 276 valence electrons. The Morgan fingerprint density at radius 3 is 2.35 bits per heavy atom. The first-order valence-corrected chi connectivity index (χ1v) is 19.2. The molecule has 0 amide bonds. The first-order chi connectivity index (χ1) is 25.4. The van der Waals surface area contributed by atoms with Gasteiger partial charge in [0, 0.05) is 12.6 Å². The van der Waals surface area contributed by atoms with Gasteiger partial charge in [0.1, 0.15) is 5.78 Å². The van der Waals surface area contributed by atoms with Gasteiger partial charge >= 0.3 is 0 Å². The number of phenolic OH excluding ortho intramolecular Hbond substituents is 1. The van der Waals surface area contributed by atoms with Gasteiger partial charge in [0.2, 0.25) is 0 Å². The number of ether oxygens (including phenoxy) is 1. The molecule has 1 fully saturated rings. The van der Waals surface area contributed by atoms with E-state index < -0.39 is 0 Å². The van der Waals surface area contributed by atoms with Crippen molar-refractivity contribution in [1.29, 1.82) is 0 Å². The molecule has 0 aromatic heterocycles. The Balaban J connectivity index is 1.15. The fraction of sp³-hybridized carbons (Fsp3) is 0.422. The lowest BCUT2D eigenvalue weighted by Crippen LogP contribution is -2.35. The van der Waals surface area contributed by atoms with Crippen molar-refractivity contribution >= 4 is 17.6 Å². The Bertz CT molecular complexity index is 1700.